The maximum Gasteiger partial charge on any atom is 0.180 e. The van der Waals surface area contributed by atoms with Crippen molar-refractivity contribution in [2.24, 2.45) is 0 Å². The van der Waals surface area contributed by atoms with E-state index in [1.165, 1.54) is 0 Å². The van der Waals surface area contributed by atoms with Crippen LogP contribution in [0.15, 0.2) is 48.8 Å². The number of rotatable bonds is 3. The van der Waals surface area contributed by atoms with Gasteiger partial charge < -0.3 is 0 Å². The Hall–Kier alpha value is -2.92. The van der Waals surface area contributed by atoms with E-state index in [2.05, 4.69) is 25.4 Å². The second-order valence-electron chi connectivity index (χ2n) is 5.08. The first-order valence-electron chi connectivity index (χ1n) is 7.07. The number of hydrogen-bond donors (Lipinski definition) is 2. The average molecular weight is 322 g/mol. The lowest BCUT2D eigenvalue weighted by molar-refractivity contribution is 1.10. The lowest BCUT2D eigenvalue weighted by atomic mass is 10.1. The molecule has 0 amide bonds. The quantitative estimate of drug-likeness (QED) is 0.595. The van der Waals surface area contributed by atoms with Crippen LogP contribution in [0, 0.1) is 0 Å². The van der Waals surface area contributed by atoms with Gasteiger partial charge in [-0.3, -0.25) is 10.2 Å². The summed E-state index contributed by atoms with van der Waals surface area (Å²) in [4.78, 5) is 4.18. The number of halogens is 1. The van der Waals surface area contributed by atoms with E-state index in [9.17, 15) is 0 Å². The monoisotopic (exact) mass is 321 g/mol. The van der Waals surface area contributed by atoms with Crippen LogP contribution in [0.5, 0.6) is 0 Å². The van der Waals surface area contributed by atoms with Crippen molar-refractivity contribution in [3.05, 3.63) is 65.1 Å². The predicted molar refractivity (Wildman–Crippen MR) is 91.9 cm³/mol. The normalized spacial score (nSPS) is 11.5. The van der Waals surface area contributed by atoms with Crippen LogP contribution in [-0.2, 0) is 0 Å². The van der Waals surface area contributed by atoms with Crippen LogP contribution in [0.1, 0.15) is 11.3 Å². The molecule has 2 aromatic heterocycles. The molecule has 0 saturated heterocycles. The minimum atomic E-state index is 0.667. The topological polar surface area (TPSA) is 70.2 Å². The number of nitrogens with one attached hydrogen (secondary N) is 2. The Labute approximate surface area is 137 Å². The molecule has 0 radical (unpaired) electrons. The summed E-state index contributed by atoms with van der Waals surface area (Å²) in [6.45, 7) is 0. The molecule has 2 N–H and O–H groups in total. The summed E-state index contributed by atoms with van der Waals surface area (Å²) in [5.41, 5.74) is 3.85. The van der Waals surface area contributed by atoms with Crippen LogP contribution in [0.4, 0.5) is 0 Å². The first kappa shape index (κ1) is 13.7. The maximum atomic E-state index is 5.90. The number of nitrogens with zero attached hydrogens (tertiary/aromatic N) is 3. The van der Waals surface area contributed by atoms with Crippen LogP contribution in [0.3, 0.4) is 0 Å². The Morgan fingerprint density at radius 3 is 2.61 bits per heavy atom. The van der Waals surface area contributed by atoms with Crippen molar-refractivity contribution in [3.8, 4) is 11.4 Å². The van der Waals surface area contributed by atoms with Crippen LogP contribution in [-0.4, -0.2) is 25.4 Å². The molecule has 0 bridgehead atoms. The lowest BCUT2D eigenvalue weighted by Crippen LogP contribution is -1.81. The lowest BCUT2D eigenvalue weighted by Gasteiger charge is -1.96. The molecule has 4 rings (SSSR count). The van der Waals surface area contributed by atoms with Gasteiger partial charge in [-0.05, 0) is 42.0 Å². The third-order valence-corrected chi connectivity index (χ3v) is 3.82. The highest BCUT2D eigenvalue weighted by atomic mass is 35.5. The van der Waals surface area contributed by atoms with Gasteiger partial charge in [-0.2, -0.15) is 10.2 Å². The molecule has 6 heteroatoms. The van der Waals surface area contributed by atoms with Crippen molar-refractivity contribution in [1.82, 2.24) is 25.4 Å². The van der Waals surface area contributed by atoms with Crippen LogP contribution >= 0.6 is 11.6 Å². The number of benzene rings is 2. The highest BCUT2D eigenvalue weighted by Gasteiger charge is 2.07. The molecular formula is C17H12ClN5. The number of aromatic amines is 2. The van der Waals surface area contributed by atoms with Crippen LogP contribution < -0.4 is 0 Å². The third-order valence-electron chi connectivity index (χ3n) is 3.57. The molecule has 5 nitrogen and oxygen atoms in total. The number of aromatic nitrogens is 5. The van der Waals surface area contributed by atoms with Crippen molar-refractivity contribution in [1.29, 1.82) is 0 Å². The van der Waals surface area contributed by atoms with E-state index < -0.39 is 0 Å². The standard InChI is InChI=1S/C17H12ClN5/c18-13-5-1-11(2-6-13)3-7-15-14-9-12(17-19-10-20-23-17)4-8-16(14)22-21-15/h1-10H,(H,21,22)(H,19,20,23). The Balaban J connectivity index is 1.72. The number of fused-ring (bicyclic) bond motifs is 1. The van der Waals surface area contributed by atoms with Gasteiger partial charge in [0.25, 0.3) is 0 Å². The predicted octanol–water partition coefficient (Wildman–Crippen LogP) is 4.17. The highest BCUT2D eigenvalue weighted by molar-refractivity contribution is 6.30. The Morgan fingerprint density at radius 2 is 1.83 bits per heavy atom. The summed E-state index contributed by atoms with van der Waals surface area (Å²) in [6, 6.07) is 13.6. The maximum absolute atomic E-state index is 5.90. The summed E-state index contributed by atoms with van der Waals surface area (Å²) >= 11 is 5.90. The van der Waals surface area contributed by atoms with Crippen LogP contribution in [0.25, 0.3) is 34.4 Å². The second-order valence-corrected chi connectivity index (χ2v) is 5.51. The molecule has 0 aliphatic carbocycles. The van der Waals surface area contributed by atoms with E-state index in [1.807, 2.05) is 54.6 Å². The fourth-order valence-electron chi connectivity index (χ4n) is 2.40. The van der Waals surface area contributed by atoms with Gasteiger partial charge in [0.05, 0.1) is 11.2 Å². The molecule has 0 unspecified atom stereocenters. The molecule has 0 fully saturated rings. The zero-order chi connectivity index (χ0) is 15.6. The smallest absolute Gasteiger partial charge is 0.180 e. The Kier molecular flexibility index (Phi) is 3.40. The van der Waals surface area contributed by atoms with Gasteiger partial charge >= 0.3 is 0 Å². The minimum Gasteiger partial charge on any atom is -0.277 e. The van der Waals surface area contributed by atoms with Crippen molar-refractivity contribution < 1.29 is 0 Å². The van der Waals surface area contributed by atoms with Crippen molar-refractivity contribution >= 4 is 34.7 Å². The molecular weight excluding hydrogens is 310 g/mol. The molecule has 4 aromatic rings. The van der Waals surface area contributed by atoms with Gasteiger partial charge in [-0.15, -0.1) is 0 Å². The molecule has 0 atom stereocenters. The molecule has 0 spiro atoms. The number of H-pyrrole nitrogens is 2. The van der Waals surface area contributed by atoms with Crippen molar-refractivity contribution in [2.45, 2.75) is 0 Å². The summed E-state index contributed by atoms with van der Waals surface area (Å²) in [6.07, 6.45) is 5.55. The summed E-state index contributed by atoms with van der Waals surface area (Å²) in [5, 5.41) is 16.0. The van der Waals surface area contributed by atoms with Gasteiger partial charge in [-0.25, -0.2) is 4.98 Å². The molecule has 0 saturated carbocycles. The van der Waals surface area contributed by atoms with Gasteiger partial charge in [-0.1, -0.05) is 29.8 Å². The van der Waals surface area contributed by atoms with E-state index >= 15 is 0 Å². The first-order valence-corrected chi connectivity index (χ1v) is 7.45. The van der Waals surface area contributed by atoms with Gasteiger partial charge in [0, 0.05) is 16.0 Å². The van der Waals surface area contributed by atoms with Gasteiger partial charge in [0.15, 0.2) is 5.82 Å². The molecule has 112 valence electrons. The fraction of sp³-hybridized carbons (Fsp3) is 0. The van der Waals surface area contributed by atoms with E-state index in [0.717, 1.165) is 32.7 Å². The van der Waals surface area contributed by atoms with Crippen molar-refractivity contribution in [3.63, 3.8) is 0 Å². The summed E-state index contributed by atoms with van der Waals surface area (Å²) < 4.78 is 0. The Morgan fingerprint density at radius 1 is 0.957 bits per heavy atom. The van der Waals surface area contributed by atoms with Crippen molar-refractivity contribution in [2.75, 3.05) is 0 Å². The van der Waals surface area contributed by atoms with E-state index in [-0.39, 0.29) is 0 Å². The molecule has 2 aromatic carbocycles. The van der Waals surface area contributed by atoms with E-state index in [4.69, 9.17) is 11.6 Å². The highest BCUT2D eigenvalue weighted by Crippen LogP contribution is 2.24. The summed E-state index contributed by atoms with van der Waals surface area (Å²) in [5.74, 6) is 0.667. The van der Waals surface area contributed by atoms with E-state index in [0.29, 0.717) is 5.82 Å². The zero-order valence-corrected chi connectivity index (χ0v) is 12.7. The van der Waals surface area contributed by atoms with E-state index in [1.54, 1.807) is 6.33 Å². The van der Waals surface area contributed by atoms with Crippen LogP contribution in [0.2, 0.25) is 5.02 Å². The SMILES string of the molecule is Clc1ccc(C=Cc2n[nH]c3ccc(-c4nc[nH]n4)cc23)cc1. The van der Waals surface area contributed by atoms with Gasteiger partial charge in [0.1, 0.15) is 6.33 Å². The third kappa shape index (κ3) is 2.74. The minimum absolute atomic E-state index is 0.667. The summed E-state index contributed by atoms with van der Waals surface area (Å²) in [7, 11) is 0. The second kappa shape index (κ2) is 5.70. The number of hydrogen-bond acceptors (Lipinski definition) is 3. The van der Waals surface area contributed by atoms with Gasteiger partial charge in [0.2, 0.25) is 0 Å². The fourth-order valence-corrected chi connectivity index (χ4v) is 2.52. The largest absolute Gasteiger partial charge is 0.277 e. The molecule has 2 heterocycles. The molecule has 0 aliphatic heterocycles. The zero-order valence-electron chi connectivity index (χ0n) is 12.0. The molecule has 23 heavy (non-hydrogen) atoms. The molecule has 0 aliphatic rings. The first-order chi connectivity index (χ1) is 11.3. The Bertz CT molecular complexity index is 968. The average Bonchev–Trinajstić information content (AvgIpc) is 3.24.